The molecule has 1 aromatic carbocycles. The quantitative estimate of drug-likeness (QED) is 0.471. The molecule has 0 spiro atoms. The number of carbonyl (C=O) groups excluding carboxylic acids is 1. The van der Waals surface area contributed by atoms with E-state index >= 15 is 0 Å². The lowest BCUT2D eigenvalue weighted by Gasteiger charge is -2.08. The molecule has 2 N–H and O–H groups in total. The SMILES string of the molecule is COCCNC(=O)/C(C#N)=C\Nc1cc(C)ccc1C. The van der Waals surface area contributed by atoms with Crippen LogP contribution in [0.2, 0.25) is 0 Å². The number of ether oxygens (including phenoxy) is 1. The number of hydrogen-bond acceptors (Lipinski definition) is 4. The van der Waals surface area contributed by atoms with E-state index in [0.29, 0.717) is 13.2 Å². The van der Waals surface area contributed by atoms with Crippen molar-refractivity contribution in [2.24, 2.45) is 0 Å². The molecular formula is C15H19N3O2. The summed E-state index contributed by atoms with van der Waals surface area (Å²) in [5, 5.41) is 14.6. The summed E-state index contributed by atoms with van der Waals surface area (Å²) in [4.78, 5) is 11.7. The van der Waals surface area contributed by atoms with Gasteiger partial charge in [0.15, 0.2) is 0 Å². The van der Waals surface area contributed by atoms with Crippen molar-refractivity contribution in [1.29, 1.82) is 5.26 Å². The normalized spacial score (nSPS) is 10.8. The first kappa shape index (κ1) is 15.7. The highest BCUT2D eigenvalue weighted by Crippen LogP contribution is 2.16. The minimum atomic E-state index is -0.414. The topological polar surface area (TPSA) is 74.1 Å². The lowest BCUT2D eigenvalue weighted by Crippen LogP contribution is -2.28. The van der Waals surface area contributed by atoms with Gasteiger partial charge in [0.25, 0.3) is 5.91 Å². The molecule has 106 valence electrons. The molecule has 1 amide bonds. The fourth-order valence-electron chi connectivity index (χ4n) is 1.55. The second-order valence-electron chi connectivity index (χ2n) is 4.38. The van der Waals surface area contributed by atoms with Crippen LogP contribution >= 0.6 is 0 Å². The molecule has 5 heteroatoms. The molecule has 0 aliphatic carbocycles. The molecular weight excluding hydrogens is 254 g/mol. The van der Waals surface area contributed by atoms with Crippen molar-refractivity contribution in [2.75, 3.05) is 25.6 Å². The molecule has 0 saturated carbocycles. The average Bonchev–Trinajstić information content (AvgIpc) is 2.43. The molecule has 1 aromatic rings. The third-order valence-electron chi connectivity index (χ3n) is 2.72. The molecule has 20 heavy (non-hydrogen) atoms. The zero-order chi connectivity index (χ0) is 15.0. The van der Waals surface area contributed by atoms with E-state index in [1.54, 1.807) is 7.11 Å². The van der Waals surface area contributed by atoms with Gasteiger partial charge in [0.05, 0.1) is 6.61 Å². The first-order valence-corrected chi connectivity index (χ1v) is 6.29. The van der Waals surface area contributed by atoms with E-state index in [4.69, 9.17) is 10.00 Å². The fraction of sp³-hybridized carbons (Fsp3) is 0.333. The number of nitrogens with zero attached hydrogens (tertiary/aromatic N) is 1. The number of amides is 1. The van der Waals surface area contributed by atoms with Crippen molar-refractivity contribution < 1.29 is 9.53 Å². The van der Waals surface area contributed by atoms with Crippen molar-refractivity contribution in [3.05, 3.63) is 41.1 Å². The van der Waals surface area contributed by atoms with Gasteiger partial charge < -0.3 is 15.4 Å². The van der Waals surface area contributed by atoms with Crippen LogP contribution in [0.3, 0.4) is 0 Å². The molecule has 0 atom stereocenters. The van der Waals surface area contributed by atoms with Crippen molar-refractivity contribution in [1.82, 2.24) is 5.32 Å². The Balaban J connectivity index is 2.73. The van der Waals surface area contributed by atoms with E-state index in [9.17, 15) is 4.79 Å². The minimum absolute atomic E-state index is 0.0296. The molecule has 0 saturated heterocycles. The second-order valence-corrected chi connectivity index (χ2v) is 4.38. The summed E-state index contributed by atoms with van der Waals surface area (Å²) in [5.74, 6) is -0.414. The smallest absolute Gasteiger partial charge is 0.263 e. The minimum Gasteiger partial charge on any atom is -0.383 e. The number of carbonyl (C=O) groups is 1. The van der Waals surface area contributed by atoms with Gasteiger partial charge in [0.2, 0.25) is 0 Å². The van der Waals surface area contributed by atoms with Crippen LogP contribution in [0.4, 0.5) is 5.69 Å². The number of benzene rings is 1. The van der Waals surface area contributed by atoms with E-state index in [0.717, 1.165) is 16.8 Å². The van der Waals surface area contributed by atoms with Crippen molar-refractivity contribution in [3.63, 3.8) is 0 Å². The second kappa shape index (κ2) is 7.97. The van der Waals surface area contributed by atoms with Gasteiger partial charge in [-0.05, 0) is 31.0 Å². The average molecular weight is 273 g/mol. The molecule has 0 aromatic heterocycles. The van der Waals surface area contributed by atoms with Gasteiger partial charge >= 0.3 is 0 Å². The Morgan fingerprint density at radius 1 is 1.45 bits per heavy atom. The van der Waals surface area contributed by atoms with Gasteiger partial charge in [-0.15, -0.1) is 0 Å². The van der Waals surface area contributed by atoms with E-state index < -0.39 is 5.91 Å². The number of anilines is 1. The maximum atomic E-state index is 11.7. The largest absolute Gasteiger partial charge is 0.383 e. The van der Waals surface area contributed by atoms with Gasteiger partial charge in [-0.1, -0.05) is 12.1 Å². The van der Waals surface area contributed by atoms with Gasteiger partial charge in [0, 0.05) is 25.5 Å². The Morgan fingerprint density at radius 3 is 2.85 bits per heavy atom. The Labute approximate surface area is 119 Å². The van der Waals surface area contributed by atoms with E-state index in [1.807, 2.05) is 38.1 Å². The predicted octanol–water partition coefficient (Wildman–Crippen LogP) is 1.89. The summed E-state index contributed by atoms with van der Waals surface area (Å²) >= 11 is 0. The molecule has 0 fully saturated rings. The zero-order valence-electron chi connectivity index (χ0n) is 12.0. The van der Waals surface area contributed by atoms with Gasteiger partial charge in [-0.2, -0.15) is 5.26 Å². The van der Waals surface area contributed by atoms with Gasteiger partial charge in [-0.3, -0.25) is 4.79 Å². The highest BCUT2D eigenvalue weighted by molar-refractivity contribution is 5.97. The van der Waals surface area contributed by atoms with E-state index in [1.165, 1.54) is 6.20 Å². The van der Waals surface area contributed by atoms with E-state index in [-0.39, 0.29) is 5.57 Å². The summed E-state index contributed by atoms with van der Waals surface area (Å²) in [6, 6.07) is 7.83. The highest BCUT2D eigenvalue weighted by Gasteiger charge is 2.08. The van der Waals surface area contributed by atoms with Crippen molar-refractivity contribution in [2.45, 2.75) is 13.8 Å². The molecule has 0 bridgehead atoms. The van der Waals surface area contributed by atoms with Crippen LogP contribution in [-0.4, -0.2) is 26.2 Å². The Bertz CT molecular complexity index is 545. The molecule has 0 unspecified atom stereocenters. The van der Waals surface area contributed by atoms with Crippen molar-refractivity contribution in [3.8, 4) is 6.07 Å². The van der Waals surface area contributed by atoms with Crippen LogP contribution in [0.15, 0.2) is 30.0 Å². The molecule has 0 heterocycles. The maximum absolute atomic E-state index is 11.7. The summed E-state index contributed by atoms with van der Waals surface area (Å²) < 4.78 is 4.83. The lowest BCUT2D eigenvalue weighted by molar-refractivity contribution is -0.117. The number of nitrogens with one attached hydrogen (secondary N) is 2. The first-order chi connectivity index (χ1) is 9.58. The highest BCUT2D eigenvalue weighted by atomic mass is 16.5. The molecule has 0 radical (unpaired) electrons. The van der Waals surface area contributed by atoms with Crippen molar-refractivity contribution >= 4 is 11.6 Å². The molecule has 1 rings (SSSR count). The standard InChI is InChI=1S/C15H19N3O2/c1-11-4-5-12(2)14(8-11)18-10-13(9-16)15(19)17-6-7-20-3/h4-5,8,10,18H,6-7H2,1-3H3,(H,17,19)/b13-10-. The predicted molar refractivity (Wildman–Crippen MR) is 78.1 cm³/mol. The van der Waals surface area contributed by atoms with Gasteiger partial charge in [-0.25, -0.2) is 0 Å². The number of rotatable bonds is 6. The van der Waals surface area contributed by atoms with Crippen LogP contribution < -0.4 is 10.6 Å². The van der Waals surface area contributed by atoms with Crippen LogP contribution in [-0.2, 0) is 9.53 Å². The number of hydrogen-bond donors (Lipinski definition) is 2. The summed E-state index contributed by atoms with van der Waals surface area (Å²) in [6.45, 7) is 4.73. The lowest BCUT2D eigenvalue weighted by atomic mass is 10.1. The Morgan fingerprint density at radius 2 is 2.20 bits per heavy atom. The van der Waals surface area contributed by atoms with Crippen LogP contribution in [0.1, 0.15) is 11.1 Å². The Kier molecular flexibility index (Phi) is 6.27. The van der Waals surface area contributed by atoms with Crippen LogP contribution in [0.25, 0.3) is 0 Å². The maximum Gasteiger partial charge on any atom is 0.263 e. The molecule has 0 aliphatic heterocycles. The monoisotopic (exact) mass is 273 g/mol. The zero-order valence-corrected chi connectivity index (χ0v) is 12.0. The summed E-state index contributed by atoms with van der Waals surface area (Å²) in [5.41, 5.74) is 3.06. The summed E-state index contributed by atoms with van der Waals surface area (Å²) in [7, 11) is 1.55. The fourth-order valence-corrected chi connectivity index (χ4v) is 1.55. The Hall–Kier alpha value is -2.32. The third kappa shape index (κ3) is 4.75. The molecule has 5 nitrogen and oxygen atoms in total. The summed E-state index contributed by atoms with van der Waals surface area (Å²) in [6.07, 6.45) is 1.42. The van der Waals surface area contributed by atoms with E-state index in [2.05, 4.69) is 10.6 Å². The van der Waals surface area contributed by atoms with Gasteiger partial charge in [0.1, 0.15) is 11.6 Å². The van der Waals surface area contributed by atoms with Crippen LogP contribution in [0.5, 0.6) is 0 Å². The van der Waals surface area contributed by atoms with Crippen LogP contribution in [0, 0.1) is 25.2 Å². The number of methoxy groups -OCH3 is 1. The number of nitriles is 1. The first-order valence-electron chi connectivity index (χ1n) is 6.29. The molecule has 0 aliphatic rings. The third-order valence-corrected chi connectivity index (χ3v) is 2.72. The number of aryl methyl sites for hydroxylation is 2.